The first-order chi connectivity index (χ1) is 11.2. The van der Waals surface area contributed by atoms with Gasteiger partial charge in [0.05, 0.1) is 23.8 Å². The smallest absolute Gasteiger partial charge is 0.269 e. The van der Waals surface area contributed by atoms with Crippen LogP contribution in [0.3, 0.4) is 0 Å². The highest BCUT2D eigenvalue weighted by Gasteiger charge is 2.05. The molecule has 120 valence electrons. The molecule has 1 heterocycles. The van der Waals surface area contributed by atoms with Crippen molar-refractivity contribution < 1.29 is 9.53 Å². The Labute approximate surface area is 136 Å². The molecular formula is C18H21N3O2. The molecule has 1 aromatic heterocycles. The first kappa shape index (κ1) is 16.7. The fourth-order valence-electron chi connectivity index (χ4n) is 1.95. The average molecular weight is 311 g/mol. The number of allylic oxidation sites excluding steroid dienone is 1. The second-order valence-electron chi connectivity index (χ2n) is 4.95. The number of unbranched alkanes of at least 4 members (excludes halogenated alkanes) is 1. The summed E-state index contributed by atoms with van der Waals surface area (Å²) in [6.07, 6.45) is 6.62. The number of amides is 1. The molecule has 0 fully saturated rings. The van der Waals surface area contributed by atoms with E-state index >= 15 is 0 Å². The summed E-state index contributed by atoms with van der Waals surface area (Å²) in [5.41, 5.74) is 0.894. The van der Waals surface area contributed by atoms with Crippen molar-refractivity contribution in [1.29, 1.82) is 0 Å². The van der Waals surface area contributed by atoms with Crippen LogP contribution in [0.1, 0.15) is 26.7 Å². The van der Waals surface area contributed by atoms with Gasteiger partial charge in [-0.25, -0.2) is 9.67 Å². The zero-order valence-electron chi connectivity index (χ0n) is 13.5. The van der Waals surface area contributed by atoms with Crippen molar-refractivity contribution in [2.24, 2.45) is 4.99 Å². The van der Waals surface area contributed by atoms with E-state index in [1.54, 1.807) is 29.9 Å². The van der Waals surface area contributed by atoms with E-state index in [9.17, 15) is 4.79 Å². The molecule has 5 nitrogen and oxygen atoms in total. The molecule has 5 heteroatoms. The number of nitrogens with zero attached hydrogens (tertiary/aromatic N) is 3. The summed E-state index contributed by atoms with van der Waals surface area (Å²) in [6.45, 7) is 4.48. The van der Waals surface area contributed by atoms with Crippen LogP contribution < -0.4 is 10.1 Å². The minimum atomic E-state index is -0.314. The highest BCUT2D eigenvalue weighted by atomic mass is 16.5. The average Bonchev–Trinajstić information content (AvgIpc) is 2.56. The predicted molar refractivity (Wildman–Crippen MR) is 89.4 cm³/mol. The summed E-state index contributed by atoms with van der Waals surface area (Å²) in [5, 5.41) is 4.84. The van der Waals surface area contributed by atoms with Gasteiger partial charge in [0.15, 0.2) is 0 Å². The molecule has 2 aromatic rings. The summed E-state index contributed by atoms with van der Waals surface area (Å²) < 4.78 is 7.53. The van der Waals surface area contributed by atoms with Crippen LogP contribution in [0.2, 0.25) is 0 Å². The standard InChI is InChI=1S/C18H21N3O2/c1-3-5-12-23-18-13-15(20-17(22)9-4-2)14-19-21(18)16-10-7-6-8-11-16/h4,6-11,13-14H,3,5,12H2,1-2H3/b9-4+,20-15+. The number of carbonyl (C=O) groups excluding carboxylic acids is 1. The van der Waals surface area contributed by atoms with Crippen LogP contribution in [0, 0.1) is 0 Å². The van der Waals surface area contributed by atoms with Crippen LogP contribution in [0.15, 0.2) is 59.7 Å². The highest BCUT2D eigenvalue weighted by Crippen LogP contribution is 2.14. The van der Waals surface area contributed by atoms with E-state index in [1.165, 1.54) is 6.08 Å². The monoisotopic (exact) mass is 311 g/mol. The molecule has 0 saturated heterocycles. The van der Waals surface area contributed by atoms with Gasteiger partial charge in [-0.05, 0) is 25.5 Å². The molecule has 0 saturated carbocycles. The largest absolute Gasteiger partial charge is 0.478 e. The van der Waals surface area contributed by atoms with E-state index in [2.05, 4.69) is 17.0 Å². The second kappa shape index (κ2) is 8.68. The zero-order chi connectivity index (χ0) is 16.5. The summed E-state index contributed by atoms with van der Waals surface area (Å²) in [4.78, 5) is 15.6. The lowest BCUT2D eigenvalue weighted by Gasteiger charge is -2.12. The van der Waals surface area contributed by atoms with Gasteiger partial charge in [-0.15, -0.1) is 0 Å². The van der Waals surface area contributed by atoms with Crippen molar-refractivity contribution in [1.82, 2.24) is 9.78 Å². The Morgan fingerprint density at radius 2 is 2.13 bits per heavy atom. The van der Waals surface area contributed by atoms with Gasteiger partial charge < -0.3 is 4.74 Å². The molecular weight excluding hydrogens is 290 g/mol. The third kappa shape index (κ3) is 4.92. The van der Waals surface area contributed by atoms with Gasteiger partial charge in [0.1, 0.15) is 0 Å². The predicted octanol–water partition coefficient (Wildman–Crippen LogP) is 3.05. The quantitative estimate of drug-likeness (QED) is 0.608. The molecule has 0 aliphatic carbocycles. The number of hydrogen-bond donors (Lipinski definition) is 0. The normalized spacial score (nSPS) is 11.8. The van der Waals surface area contributed by atoms with E-state index in [0.29, 0.717) is 17.8 Å². The van der Waals surface area contributed by atoms with Gasteiger partial charge in [-0.3, -0.25) is 4.79 Å². The Hall–Kier alpha value is -2.69. The van der Waals surface area contributed by atoms with Crippen LogP contribution >= 0.6 is 0 Å². The molecule has 0 aliphatic rings. The molecule has 1 aromatic carbocycles. The molecule has 0 atom stereocenters. The topological polar surface area (TPSA) is 56.5 Å². The fourth-order valence-corrected chi connectivity index (χ4v) is 1.95. The molecule has 2 rings (SSSR count). The molecule has 0 spiro atoms. The van der Waals surface area contributed by atoms with Crippen LogP contribution in [0.25, 0.3) is 5.69 Å². The van der Waals surface area contributed by atoms with Gasteiger partial charge in [-0.2, -0.15) is 5.10 Å². The van der Waals surface area contributed by atoms with Crippen LogP contribution in [0.5, 0.6) is 5.88 Å². The SMILES string of the molecule is C/C=C/C(=O)/N=c1/cnn(-c2ccccc2)c(OCCCC)c1. The Kier molecular flexibility index (Phi) is 6.29. The Balaban J connectivity index is 2.40. The molecule has 0 aliphatic heterocycles. The Morgan fingerprint density at radius 1 is 1.35 bits per heavy atom. The van der Waals surface area contributed by atoms with Gasteiger partial charge in [-0.1, -0.05) is 37.6 Å². The maximum atomic E-state index is 11.6. The molecule has 23 heavy (non-hydrogen) atoms. The first-order valence-electron chi connectivity index (χ1n) is 7.73. The van der Waals surface area contributed by atoms with Crippen molar-refractivity contribution in [3.8, 4) is 11.6 Å². The maximum absolute atomic E-state index is 11.6. The Bertz CT molecular complexity index is 733. The lowest BCUT2D eigenvalue weighted by atomic mass is 10.3. The van der Waals surface area contributed by atoms with Crippen molar-refractivity contribution in [2.45, 2.75) is 26.7 Å². The lowest BCUT2D eigenvalue weighted by molar-refractivity contribution is -0.113. The lowest BCUT2D eigenvalue weighted by Crippen LogP contribution is -2.15. The van der Waals surface area contributed by atoms with E-state index in [0.717, 1.165) is 18.5 Å². The van der Waals surface area contributed by atoms with Crippen molar-refractivity contribution in [3.05, 3.63) is 60.1 Å². The second-order valence-corrected chi connectivity index (χ2v) is 4.95. The van der Waals surface area contributed by atoms with E-state index in [1.807, 2.05) is 30.3 Å². The minimum Gasteiger partial charge on any atom is -0.478 e. The minimum absolute atomic E-state index is 0.314. The summed E-state index contributed by atoms with van der Waals surface area (Å²) >= 11 is 0. The van der Waals surface area contributed by atoms with Crippen molar-refractivity contribution in [2.75, 3.05) is 6.61 Å². The van der Waals surface area contributed by atoms with Crippen molar-refractivity contribution in [3.63, 3.8) is 0 Å². The first-order valence-corrected chi connectivity index (χ1v) is 7.73. The number of ether oxygens (including phenoxy) is 1. The molecule has 0 unspecified atom stereocenters. The fraction of sp³-hybridized carbons (Fsp3) is 0.278. The maximum Gasteiger partial charge on any atom is 0.269 e. The van der Waals surface area contributed by atoms with Crippen LogP contribution in [0.4, 0.5) is 0 Å². The number of rotatable bonds is 6. The number of benzene rings is 1. The summed E-state index contributed by atoms with van der Waals surface area (Å²) in [5.74, 6) is 0.255. The van der Waals surface area contributed by atoms with Crippen LogP contribution in [-0.4, -0.2) is 22.3 Å². The van der Waals surface area contributed by atoms with E-state index in [-0.39, 0.29) is 5.91 Å². The number of carbonyl (C=O) groups is 1. The third-order valence-electron chi connectivity index (χ3n) is 3.08. The molecule has 0 N–H and O–H groups in total. The molecule has 0 radical (unpaired) electrons. The van der Waals surface area contributed by atoms with Gasteiger partial charge in [0.25, 0.3) is 5.91 Å². The van der Waals surface area contributed by atoms with Gasteiger partial charge >= 0.3 is 0 Å². The van der Waals surface area contributed by atoms with Gasteiger partial charge in [0, 0.05) is 12.1 Å². The van der Waals surface area contributed by atoms with Crippen LogP contribution in [-0.2, 0) is 4.79 Å². The number of hydrogen-bond acceptors (Lipinski definition) is 3. The van der Waals surface area contributed by atoms with E-state index < -0.39 is 0 Å². The van der Waals surface area contributed by atoms with E-state index in [4.69, 9.17) is 4.74 Å². The molecule has 0 bridgehead atoms. The van der Waals surface area contributed by atoms with Crippen molar-refractivity contribution >= 4 is 5.91 Å². The summed E-state index contributed by atoms with van der Waals surface area (Å²) in [7, 11) is 0. The van der Waals surface area contributed by atoms with Gasteiger partial charge in [0.2, 0.25) is 5.88 Å². The summed E-state index contributed by atoms with van der Waals surface area (Å²) in [6, 6.07) is 11.4. The number of aromatic nitrogens is 2. The highest BCUT2D eigenvalue weighted by molar-refractivity contribution is 5.88. The Morgan fingerprint density at radius 3 is 2.83 bits per heavy atom. The zero-order valence-corrected chi connectivity index (χ0v) is 13.5. The third-order valence-corrected chi connectivity index (χ3v) is 3.08. The molecule has 1 amide bonds. The number of para-hydroxylation sites is 1.